The number of allylic oxidation sites excluding steroid dienone is 2. The first-order chi connectivity index (χ1) is 11.3. The molecular formula is C24H26. The van der Waals surface area contributed by atoms with E-state index in [4.69, 9.17) is 0 Å². The van der Waals surface area contributed by atoms with Crippen molar-refractivity contribution in [3.63, 3.8) is 0 Å². The molecule has 0 unspecified atom stereocenters. The van der Waals surface area contributed by atoms with Crippen LogP contribution in [0.3, 0.4) is 0 Å². The van der Waals surface area contributed by atoms with Crippen molar-refractivity contribution in [1.82, 2.24) is 0 Å². The van der Waals surface area contributed by atoms with Crippen LogP contribution in [0.25, 0.3) is 5.57 Å². The van der Waals surface area contributed by atoms with E-state index in [2.05, 4.69) is 82.9 Å². The van der Waals surface area contributed by atoms with Crippen molar-refractivity contribution in [1.29, 1.82) is 0 Å². The molecule has 0 aliphatic heterocycles. The Morgan fingerprint density at radius 2 is 1.54 bits per heavy atom. The normalized spacial score (nSPS) is 15.8. The second kappa shape index (κ2) is 5.99. The molecule has 0 atom stereocenters. The van der Waals surface area contributed by atoms with Crippen molar-refractivity contribution >= 4 is 5.57 Å². The van der Waals surface area contributed by atoms with E-state index >= 15 is 0 Å². The predicted octanol–water partition coefficient (Wildman–Crippen LogP) is 6.20. The van der Waals surface area contributed by atoms with Crippen LogP contribution in [0.1, 0.15) is 63.3 Å². The standard InChI is InChI=1S/C24H26/c1-23(2,3)21-15-16-24(4,5)22-17-19(13-14-20(21)22)12-11-18-9-7-6-8-10-18/h6-10,13-15,17H,16H2,1-5H3. The van der Waals surface area contributed by atoms with Crippen molar-refractivity contribution in [2.24, 2.45) is 5.41 Å². The third kappa shape index (κ3) is 3.31. The van der Waals surface area contributed by atoms with Gasteiger partial charge in [0, 0.05) is 11.1 Å². The molecule has 0 radical (unpaired) electrons. The Kier molecular flexibility index (Phi) is 4.14. The van der Waals surface area contributed by atoms with Gasteiger partial charge in [0.15, 0.2) is 0 Å². The summed E-state index contributed by atoms with van der Waals surface area (Å²) < 4.78 is 0. The van der Waals surface area contributed by atoms with Crippen molar-refractivity contribution < 1.29 is 0 Å². The highest BCUT2D eigenvalue weighted by Gasteiger charge is 2.32. The zero-order chi connectivity index (χ0) is 17.4. The lowest BCUT2D eigenvalue weighted by Crippen LogP contribution is -2.25. The molecule has 0 fully saturated rings. The summed E-state index contributed by atoms with van der Waals surface area (Å²) in [4.78, 5) is 0. The number of hydrogen-bond donors (Lipinski definition) is 0. The molecule has 0 bridgehead atoms. The maximum Gasteiger partial charge on any atom is 0.0252 e. The first-order valence-corrected chi connectivity index (χ1v) is 8.70. The Labute approximate surface area is 146 Å². The zero-order valence-corrected chi connectivity index (χ0v) is 15.4. The monoisotopic (exact) mass is 314 g/mol. The average molecular weight is 314 g/mol. The summed E-state index contributed by atoms with van der Waals surface area (Å²) in [5, 5.41) is 0. The first-order valence-electron chi connectivity index (χ1n) is 8.70. The molecule has 2 aromatic carbocycles. The average Bonchev–Trinajstić information content (AvgIpc) is 2.53. The molecule has 0 aromatic heterocycles. The zero-order valence-electron chi connectivity index (χ0n) is 15.4. The van der Waals surface area contributed by atoms with E-state index in [9.17, 15) is 0 Å². The summed E-state index contributed by atoms with van der Waals surface area (Å²) >= 11 is 0. The van der Waals surface area contributed by atoms with Crippen LogP contribution < -0.4 is 0 Å². The van der Waals surface area contributed by atoms with Crippen LogP contribution in [0.2, 0.25) is 0 Å². The van der Waals surface area contributed by atoms with E-state index in [0.717, 1.165) is 17.5 Å². The van der Waals surface area contributed by atoms with Gasteiger partial charge in [0.2, 0.25) is 0 Å². The van der Waals surface area contributed by atoms with Crippen LogP contribution in [0.15, 0.2) is 54.6 Å². The van der Waals surface area contributed by atoms with Gasteiger partial charge in [-0.25, -0.2) is 0 Å². The van der Waals surface area contributed by atoms with Crippen LogP contribution >= 0.6 is 0 Å². The first kappa shape index (κ1) is 16.6. The second-order valence-corrected chi connectivity index (χ2v) is 8.33. The highest BCUT2D eigenvalue weighted by molar-refractivity contribution is 5.75. The molecule has 1 aliphatic rings. The van der Waals surface area contributed by atoms with E-state index in [1.165, 1.54) is 16.7 Å². The predicted molar refractivity (Wildman–Crippen MR) is 104 cm³/mol. The lowest BCUT2D eigenvalue weighted by Gasteiger charge is -2.36. The minimum Gasteiger partial charge on any atom is -0.0793 e. The van der Waals surface area contributed by atoms with Crippen LogP contribution in [-0.4, -0.2) is 0 Å². The summed E-state index contributed by atoms with van der Waals surface area (Å²) in [6.45, 7) is 11.5. The molecule has 0 N–H and O–H groups in total. The van der Waals surface area contributed by atoms with Gasteiger partial charge in [0.1, 0.15) is 0 Å². The summed E-state index contributed by atoms with van der Waals surface area (Å²) in [7, 11) is 0. The van der Waals surface area contributed by atoms with Crippen molar-refractivity contribution in [2.45, 2.75) is 46.5 Å². The largest absolute Gasteiger partial charge is 0.0793 e. The van der Waals surface area contributed by atoms with E-state index in [1.54, 1.807) is 0 Å². The van der Waals surface area contributed by atoms with Gasteiger partial charge in [0.05, 0.1) is 0 Å². The lowest BCUT2D eigenvalue weighted by atomic mass is 9.68. The van der Waals surface area contributed by atoms with Gasteiger partial charge >= 0.3 is 0 Å². The third-order valence-electron chi connectivity index (χ3n) is 4.79. The topological polar surface area (TPSA) is 0 Å². The van der Waals surface area contributed by atoms with Crippen LogP contribution in [-0.2, 0) is 5.41 Å². The van der Waals surface area contributed by atoms with Crippen molar-refractivity contribution in [3.05, 3.63) is 76.9 Å². The summed E-state index contributed by atoms with van der Waals surface area (Å²) in [5.74, 6) is 6.60. The second-order valence-electron chi connectivity index (χ2n) is 8.33. The molecule has 0 heteroatoms. The molecule has 0 heterocycles. The Balaban J connectivity index is 2.04. The molecule has 24 heavy (non-hydrogen) atoms. The smallest absolute Gasteiger partial charge is 0.0252 e. The molecule has 2 aromatic rings. The van der Waals surface area contributed by atoms with Gasteiger partial charge in [0.25, 0.3) is 0 Å². The molecule has 0 spiro atoms. The lowest BCUT2D eigenvalue weighted by molar-refractivity contribution is 0.503. The Bertz CT molecular complexity index is 831. The van der Waals surface area contributed by atoms with Crippen molar-refractivity contribution in [3.8, 4) is 11.8 Å². The Morgan fingerprint density at radius 1 is 0.875 bits per heavy atom. The summed E-state index contributed by atoms with van der Waals surface area (Å²) in [5.41, 5.74) is 6.76. The minimum atomic E-state index is 0.161. The summed E-state index contributed by atoms with van der Waals surface area (Å²) in [6.07, 6.45) is 3.51. The maximum atomic E-state index is 3.33. The van der Waals surface area contributed by atoms with Crippen LogP contribution in [0, 0.1) is 17.3 Å². The molecular weight excluding hydrogens is 288 g/mol. The molecule has 0 saturated carbocycles. The van der Waals surface area contributed by atoms with Gasteiger partial charge < -0.3 is 0 Å². The molecule has 0 saturated heterocycles. The van der Waals surface area contributed by atoms with Gasteiger partial charge in [-0.2, -0.15) is 0 Å². The number of rotatable bonds is 0. The molecule has 0 amide bonds. The summed E-state index contributed by atoms with van der Waals surface area (Å²) in [6, 6.07) is 16.9. The molecule has 0 nitrogen and oxygen atoms in total. The van der Waals surface area contributed by atoms with Gasteiger partial charge in [-0.05, 0) is 58.2 Å². The SMILES string of the molecule is CC(C)(C)C1=CCC(C)(C)c2cc(C#Cc3ccccc3)ccc21. The fourth-order valence-corrected chi connectivity index (χ4v) is 3.37. The number of hydrogen-bond acceptors (Lipinski definition) is 0. The third-order valence-corrected chi connectivity index (χ3v) is 4.79. The Morgan fingerprint density at radius 3 is 2.21 bits per heavy atom. The fourth-order valence-electron chi connectivity index (χ4n) is 3.37. The quantitative estimate of drug-likeness (QED) is 0.508. The van der Waals surface area contributed by atoms with E-state index in [1.807, 2.05) is 18.2 Å². The molecule has 1 aliphatic carbocycles. The van der Waals surface area contributed by atoms with Gasteiger partial charge in [-0.3, -0.25) is 0 Å². The van der Waals surface area contributed by atoms with Gasteiger partial charge in [-0.15, -0.1) is 0 Å². The highest BCUT2D eigenvalue weighted by atomic mass is 14.4. The maximum absolute atomic E-state index is 3.33. The number of fused-ring (bicyclic) bond motifs is 1. The number of benzene rings is 2. The van der Waals surface area contributed by atoms with Crippen LogP contribution in [0.5, 0.6) is 0 Å². The van der Waals surface area contributed by atoms with Gasteiger partial charge in [-0.1, -0.05) is 76.8 Å². The van der Waals surface area contributed by atoms with E-state index in [0.29, 0.717) is 0 Å². The highest BCUT2D eigenvalue weighted by Crippen LogP contribution is 2.45. The van der Waals surface area contributed by atoms with Crippen molar-refractivity contribution in [2.75, 3.05) is 0 Å². The fraction of sp³-hybridized carbons (Fsp3) is 0.333. The van der Waals surface area contributed by atoms with E-state index in [-0.39, 0.29) is 10.8 Å². The Hall–Kier alpha value is -2.26. The van der Waals surface area contributed by atoms with Crippen LogP contribution in [0.4, 0.5) is 0 Å². The van der Waals surface area contributed by atoms with E-state index < -0.39 is 0 Å². The molecule has 3 rings (SSSR count). The molecule has 122 valence electrons. The minimum absolute atomic E-state index is 0.161.